The lowest BCUT2D eigenvalue weighted by molar-refractivity contribution is -0.161. The number of rotatable bonds is 73. The van der Waals surface area contributed by atoms with Crippen LogP contribution in [-0.4, -0.2) is 96.7 Å². The predicted octanol–water partition coefficient (Wildman–Crippen LogP) is 21.6. The summed E-state index contributed by atoms with van der Waals surface area (Å²) in [5, 5.41) is 10.6. The first-order valence-electron chi connectivity index (χ1n) is 38.5. The lowest BCUT2D eigenvalue weighted by Crippen LogP contribution is -2.30. The van der Waals surface area contributed by atoms with Crippen molar-refractivity contribution in [3.63, 3.8) is 0 Å². The summed E-state index contributed by atoms with van der Waals surface area (Å²) < 4.78 is 68.3. The van der Waals surface area contributed by atoms with Gasteiger partial charge in [0, 0.05) is 25.7 Å². The Morgan fingerprint density at radius 1 is 0.312 bits per heavy atom. The molecule has 17 nitrogen and oxygen atoms in total. The minimum Gasteiger partial charge on any atom is -0.462 e. The molecule has 6 atom stereocenters. The Bertz CT molecular complexity index is 1810. The molecule has 3 unspecified atom stereocenters. The number of hydrogen-bond donors (Lipinski definition) is 3. The SMILES string of the molecule is CCCCCCCCCCCCCCCCCCCCCCCC(=O)O[C@H](COC(=O)CCCCCCCCCCCCCC(C)C)COP(=O)(O)OC[C@@H](O)COP(=O)(O)OC[C@@H](COC(=O)CCCCCCCCCC)OC(=O)CCCCCCCCC(C)CC. The Morgan fingerprint density at radius 2 is 0.548 bits per heavy atom. The molecule has 0 aliphatic heterocycles. The van der Waals surface area contributed by atoms with Gasteiger partial charge in [-0.1, -0.05) is 330 Å². The van der Waals surface area contributed by atoms with Gasteiger partial charge in [-0.25, -0.2) is 9.13 Å². The number of carbonyl (C=O) groups is 4. The largest absolute Gasteiger partial charge is 0.472 e. The van der Waals surface area contributed by atoms with Gasteiger partial charge in [-0.2, -0.15) is 0 Å². The van der Waals surface area contributed by atoms with Gasteiger partial charge in [-0.05, 0) is 37.5 Å². The second-order valence-corrected chi connectivity index (χ2v) is 30.3. The molecule has 0 aromatic carbocycles. The van der Waals surface area contributed by atoms with Gasteiger partial charge in [0.05, 0.1) is 26.4 Å². The molecule has 0 saturated heterocycles. The molecule has 0 bridgehead atoms. The fraction of sp³-hybridized carbons (Fsp3) is 0.946. The van der Waals surface area contributed by atoms with Crippen molar-refractivity contribution in [1.82, 2.24) is 0 Å². The smallest absolute Gasteiger partial charge is 0.462 e. The number of aliphatic hydroxyl groups is 1. The van der Waals surface area contributed by atoms with Crippen molar-refractivity contribution in [3.8, 4) is 0 Å². The Hall–Kier alpha value is -1.94. The number of phosphoric ester groups is 2. The van der Waals surface area contributed by atoms with E-state index in [1.165, 1.54) is 193 Å². The topological polar surface area (TPSA) is 237 Å². The van der Waals surface area contributed by atoms with Gasteiger partial charge in [-0.3, -0.25) is 37.3 Å². The average Bonchev–Trinajstić information content (AvgIpc) is 2.41. The second-order valence-electron chi connectivity index (χ2n) is 27.4. The van der Waals surface area contributed by atoms with Gasteiger partial charge in [0.25, 0.3) is 0 Å². The van der Waals surface area contributed by atoms with Crippen molar-refractivity contribution in [2.24, 2.45) is 11.8 Å². The van der Waals surface area contributed by atoms with Crippen LogP contribution in [0.3, 0.4) is 0 Å². The highest BCUT2D eigenvalue weighted by Crippen LogP contribution is 2.45. The number of hydrogen-bond acceptors (Lipinski definition) is 15. The van der Waals surface area contributed by atoms with Crippen LogP contribution in [0.1, 0.15) is 382 Å². The third kappa shape index (κ3) is 67.0. The summed E-state index contributed by atoms with van der Waals surface area (Å²) in [6.07, 6.45) is 53.0. The van der Waals surface area contributed by atoms with E-state index in [4.69, 9.17) is 37.0 Å². The Morgan fingerprint density at radius 3 is 0.817 bits per heavy atom. The van der Waals surface area contributed by atoms with Crippen molar-refractivity contribution in [2.75, 3.05) is 39.6 Å². The summed E-state index contributed by atoms with van der Waals surface area (Å²) in [5.41, 5.74) is 0. The van der Waals surface area contributed by atoms with E-state index in [1.54, 1.807) is 0 Å². The molecule has 0 saturated carbocycles. The normalized spacial score (nSPS) is 14.3. The number of carbonyl (C=O) groups excluding carboxylic acids is 4. The molecule has 0 aromatic heterocycles. The minimum absolute atomic E-state index is 0.103. The summed E-state index contributed by atoms with van der Waals surface area (Å²) in [5.74, 6) is -0.634. The molecule has 0 radical (unpaired) electrons. The quantitative estimate of drug-likeness (QED) is 0.0222. The molecule has 552 valence electrons. The summed E-state index contributed by atoms with van der Waals surface area (Å²) in [4.78, 5) is 72.6. The highest BCUT2D eigenvalue weighted by molar-refractivity contribution is 7.47. The summed E-state index contributed by atoms with van der Waals surface area (Å²) in [7, 11) is -9.90. The summed E-state index contributed by atoms with van der Waals surface area (Å²) in [6.45, 7) is 9.50. The van der Waals surface area contributed by atoms with Crippen LogP contribution < -0.4 is 0 Å². The van der Waals surface area contributed by atoms with Crippen LogP contribution in [0.2, 0.25) is 0 Å². The van der Waals surface area contributed by atoms with E-state index in [9.17, 15) is 43.2 Å². The maximum atomic E-state index is 13.1. The molecule has 0 amide bonds. The third-order valence-corrected chi connectivity index (χ3v) is 19.5. The maximum absolute atomic E-state index is 13.1. The van der Waals surface area contributed by atoms with Gasteiger partial charge in [0.1, 0.15) is 19.3 Å². The summed E-state index contributed by atoms with van der Waals surface area (Å²) >= 11 is 0. The van der Waals surface area contributed by atoms with Crippen LogP contribution in [0.5, 0.6) is 0 Å². The van der Waals surface area contributed by atoms with E-state index in [-0.39, 0.29) is 25.7 Å². The number of ether oxygens (including phenoxy) is 4. The molecule has 93 heavy (non-hydrogen) atoms. The number of phosphoric acid groups is 2. The average molecular weight is 1370 g/mol. The zero-order chi connectivity index (χ0) is 68.6. The van der Waals surface area contributed by atoms with Crippen molar-refractivity contribution < 1.29 is 80.2 Å². The summed E-state index contributed by atoms with van der Waals surface area (Å²) in [6, 6.07) is 0. The molecule has 0 aromatic rings. The predicted molar refractivity (Wildman–Crippen MR) is 377 cm³/mol. The van der Waals surface area contributed by atoms with E-state index in [0.717, 1.165) is 108 Å². The first-order chi connectivity index (χ1) is 44.9. The molecule has 3 N–H and O–H groups in total. The molecule has 0 aliphatic rings. The van der Waals surface area contributed by atoms with E-state index in [0.29, 0.717) is 25.7 Å². The van der Waals surface area contributed by atoms with Gasteiger partial charge in [0.2, 0.25) is 0 Å². The molecule has 0 spiro atoms. The molecule has 19 heteroatoms. The standard InChI is InChI=1S/C74H144O17P2/c1-7-10-12-14-16-18-19-20-21-22-23-24-25-26-27-28-31-35-39-46-52-58-73(78)90-69(62-85-72(77)57-51-45-38-34-32-29-30-33-36-42-48-54-66(4)5)64-88-92(80,81)86-60-68(75)61-87-93(82,83)89-65-70(63-84-71(76)56-50-44-37-17-15-13-11-8-2)91-74(79)59-53-47-41-40-43-49-55-67(6)9-3/h66-70,75H,7-65H2,1-6H3,(H,80,81)(H,82,83)/t67?,68-,69-,70-/m1/s1. The van der Waals surface area contributed by atoms with Gasteiger partial charge in [-0.15, -0.1) is 0 Å². The number of esters is 4. The lowest BCUT2D eigenvalue weighted by atomic mass is 10.00. The third-order valence-electron chi connectivity index (χ3n) is 17.6. The minimum atomic E-state index is -4.95. The van der Waals surface area contributed by atoms with Crippen molar-refractivity contribution in [3.05, 3.63) is 0 Å². The second kappa shape index (κ2) is 66.0. The molecule has 0 aliphatic carbocycles. The molecule has 0 heterocycles. The highest BCUT2D eigenvalue weighted by Gasteiger charge is 2.30. The van der Waals surface area contributed by atoms with E-state index in [2.05, 4.69) is 41.5 Å². The van der Waals surface area contributed by atoms with Crippen LogP contribution in [0.4, 0.5) is 0 Å². The van der Waals surface area contributed by atoms with E-state index < -0.39 is 97.5 Å². The fourth-order valence-corrected chi connectivity index (χ4v) is 12.8. The molecule has 0 fully saturated rings. The van der Waals surface area contributed by atoms with Crippen LogP contribution in [0.25, 0.3) is 0 Å². The molecule has 0 rings (SSSR count). The van der Waals surface area contributed by atoms with Crippen molar-refractivity contribution >= 4 is 39.5 Å². The van der Waals surface area contributed by atoms with Crippen molar-refractivity contribution in [1.29, 1.82) is 0 Å². The maximum Gasteiger partial charge on any atom is 0.472 e. The lowest BCUT2D eigenvalue weighted by Gasteiger charge is -2.21. The Kier molecular flexibility index (Phi) is 64.6. The van der Waals surface area contributed by atoms with Crippen LogP contribution >= 0.6 is 15.6 Å². The van der Waals surface area contributed by atoms with Crippen LogP contribution in [0, 0.1) is 11.8 Å². The van der Waals surface area contributed by atoms with Crippen LogP contribution in [0.15, 0.2) is 0 Å². The van der Waals surface area contributed by atoms with E-state index >= 15 is 0 Å². The number of unbranched alkanes of at least 4 members (excludes halogenated alkanes) is 42. The zero-order valence-electron chi connectivity index (χ0n) is 60.6. The number of aliphatic hydroxyl groups excluding tert-OH is 1. The molecular formula is C74H144O17P2. The van der Waals surface area contributed by atoms with Gasteiger partial charge < -0.3 is 33.8 Å². The first kappa shape index (κ1) is 91.1. The van der Waals surface area contributed by atoms with Gasteiger partial charge in [0.15, 0.2) is 12.2 Å². The fourth-order valence-electron chi connectivity index (χ4n) is 11.3. The highest BCUT2D eigenvalue weighted by atomic mass is 31.2. The Labute approximate surface area is 568 Å². The monoisotopic (exact) mass is 1370 g/mol. The Balaban J connectivity index is 5.17. The molecular weight excluding hydrogens is 1220 g/mol. The van der Waals surface area contributed by atoms with Crippen LogP contribution in [-0.2, 0) is 65.4 Å². The van der Waals surface area contributed by atoms with Crippen molar-refractivity contribution in [2.45, 2.75) is 400 Å². The van der Waals surface area contributed by atoms with E-state index in [1.807, 2.05) is 0 Å². The van der Waals surface area contributed by atoms with Gasteiger partial charge >= 0.3 is 39.5 Å². The first-order valence-corrected chi connectivity index (χ1v) is 41.5. The zero-order valence-corrected chi connectivity index (χ0v) is 62.3.